The molecule has 0 radical (unpaired) electrons. The number of aryl methyl sites for hydroxylation is 2. The largest absolute Gasteiger partial charge is 0.508 e. The van der Waals surface area contributed by atoms with E-state index < -0.39 is 0 Å². The van der Waals surface area contributed by atoms with E-state index in [2.05, 4.69) is 26.8 Å². The number of hydrogen-bond acceptors (Lipinski definition) is 1. The summed E-state index contributed by atoms with van der Waals surface area (Å²) in [5, 5.41) is 10.3. The topological polar surface area (TPSA) is 20.2 Å². The van der Waals surface area contributed by atoms with E-state index in [9.17, 15) is 5.11 Å². The SMILES string of the molecule is CCCCc1cc(O)c(CCCC)c(CCCC)c1. The first-order valence-electron chi connectivity index (χ1n) is 8.06. The summed E-state index contributed by atoms with van der Waals surface area (Å²) >= 11 is 0. The Morgan fingerprint density at radius 1 is 0.789 bits per heavy atom. The van der Waals surface area contributed by atoms with Gasteiger partial charge in [0.15, 0.2) is 0 Å². The van der Waals surface area contributed by atoms with Crippen LogP contribution >= 0.6 is 0 Å². The first kappa shape index (κ1) is 16.1. The predicted octanol–water partition coefficient (Wildman–Crippen LogP) is 5.42. The maximum atomic E-state index is 10.3. The number of aromatic hydroxyl groups is 1. The van der Waals surface area contributed by atoms with Crippen molar-refractivity contribution in [2.24, 2.45) is 0 Å². The van der Waals surface area contributed by atoms with Crippen LogP contribution in [0.5, 0.6) is 5.75 Å². The number of hydrogen-bond donors (Lipinski definition) is 1. The molecule has 0 bridgehead atoms. The Hall–Kier alpha value is -0.980. The van der Waals surface area contributed by atoms with Gasteiger partial charge in [0.1, 0.15) is 5.75 Å². The lowest BCUT2D eigenvalue weighted by Crippen LogP contribution is -1.98. The van der Waals surface area contributed by atoms with Crippen molar-refractivity contribution in [1.29, 1.82) is 0 Å². The van der Waals surface area contributed by atoms with Gasteiger partial charge < -0.3 is 5.11 Å². The zero-order chi connectivity index (χ0) is 14.1. The quantitative estimate of drug-likeness (QED) is 0.630. The summed E-state index contributed by atoms with van der Waals surface area (Å²) in [6.45, 7) is 6.65. The molecule has 1 N–H and O–H groups in total. The van der Waals surface area contributed by atoms with Gasteiger partial charge in [0.25, 0.3) is 0 Å². The fourth-order valence-electron chi connectivity index (χ4n) is 2.54. The van der Waals surface area contributed by atoms with Gasteiger partial charge in [-0.2, -0.15) is 0 Å². The van der Waals surface area contributed by atoms with Crippen molar-refractivity contribution in [2.45, 2.75) is 78.6 Å². The monoisotopic (exact) mass is 262 g/mol. The zero-order valence-electron chi connectivity index (χ0n) is 13.0. The minimum absolute atomic E-state index is 0.535. The summed E-state index contributed by atoms with van der Waals surface area (Å²) in [6.07, 6.45) is 10.4. The van der Waals surface area contributed by atoms with E-state index in [-0.39, 0.29) is 0 Å². The van der Waals surface area contributed by atoms with E-state index in [4.69, 9.17) is 0 Å². The molecule has 0 aliphatic rings. The van der Waals surface area contributed by atoms with Crippen molar-refractivity contribution in [3.05, 3.63) is 28.8 Å². The molecule has 0 saturated carbocycles. The van der Waals surface area contributed by atoms with Crippen LogP contribution in [-0.2, 0) is 19.3 Å². The van der Waals surface area contributed by atoms with Gasteiger partial charge >= 0.3 is 0 Å². The van der Waals surface area contributed by atoms with E-state index in [1.165, 1.54) is 55.2 Å². The molecule has 1 aromatic carbocycles. The van der Waals surface area contributed by atoms with Crippen molar-refractivity contribution in [3.63, 3.8) is 0 Å². The Bertz CT molecular complexity index is 368. The molecule has 0 atom stereocenters. The number of benzene rings is 1. The molecule has 0 aromatic heterocycles. The molecule has 1 nitrogen and oxygen atoms in total. The van der Waals surface area contributed by atoms with Crippen molar-refractivity contribution >= 4 is 0 Å². The second-order valence-corrected chi connectivity index (χ2v) is 5.56. The zero-order valence-corrected chi connectivity index (χ0v) is 13.0. The Kier molecular flexibility index (Phi) is 7.62. The highest BCUT2D eigenvalue weighted by molar-refractivity contribution is 5.43. The number of unbranched alkanes of at least 4 members (excludes halogenated alkanes) is 3. The summed E-state index contributed by atoms with van der Waals surface area (Å²) in [7, 11) is 0. The van der Waals surface area contributed by atoms with Gasteiger partial charge in [0.05, 0.1) is 0 Å². The van der Waals surface area contributed by atoms with Crippen LogP contribution in [-0.4, -0.2) is 5.11 Å². The number of phenols is 1. The lowest BCUT2D eigenvalue weighted by Gasteiger charge is -2.14. The van der Waals surface area contributed by atoms with Gasteiger partial charge in [-0.3, -0.25) is 0 Å². The third kappa shape index (κ3) is 5.26. The predicted molar refractivity (Wildman–Crippen MR) is 83.9 cm³/mol. The van der Waals surface area contributed by atoms with Crippen molar-refractivity contribution in [1.82, 2.24) is 0 Å². The lowest BCUT2D eigenvalue weighted by molar-refractivity contribution is 0.464. The van der Waals surface area contributed by atoms with Gasteiger partial charge in [-0.15, -0.1) is 0 Å². The van der Waals surface area contributed by atoms with Crippen LogP contribution in [0.25, 0.3) is 0 Å². The molecule has 19 heavy (non-hydrogen) atoms. The van der Waals surface area contributed by atoms with Crippen LogP contribution < -0.4 is 0 Å². The summed E-state index contributed by atoms with van der Waals surface area (Å²) < 4.78 is 0. The Balaban J connectivity index is 2.92. The van der Waals surface area contributed by atoms with Gasteiger partial charge in [-0.25, -0.2) is 0 Å². The van der Waals surface area contributed by atoms with Crippen molar-refractivity contribution in [2.75, 3.05) is 0 Å². The highest BCUT2D eigenvalue weighted by Crippen LogP contribution is 2.27. The highest BCUT2D eigenvalue weighted by atomic mass is 16.3. The molecule has 0 spiro atoms. The van der Waals surface area contributed by atoms with Crippen LogP contribution in [0.2, 0.25) is 0 Å². The first-order chi connectivity index (χ1) is 9.22. The van der Waals surface area contributed by atoms with E-state index in [0.29, 0.717) is 5.75 Å². The average molecular weight is 262 g/mol. The highest BCUT2D eigenvalue weighted by Gasteiger charge is 2.10. The maximum Gasteiger partial charge on any atom is 0.119 e. The average Bonchev–Trinajstić information content (AvgIpc) is 2.41. The fourth-order valence-corrected chi connectivity index (χ4v) is 2.54. The second kappa shape index (κ2) is 9.01. The van der Waals surface area contributed by atoms with Gasteiger partial charge in [-0.05, 0) is 61.3 Å². The van der Waals surface area contributed by atoms with Gasteiger partial charge in [0, 0.05) is 0 Å². The summed E-state index contributed by atoms with van der Waals surface area (Å²) in [6, 6.07) is 4.34. The Morgan fingerprint density at radius 3 is 2.00 bits per heavy atom. The van der Waals surface area contributed by atoms with Crippen molar-refractivity contribution < 1.29 is 5.11 Å². The third-order valence-electron chi connectivity index (χ3n) is 3.78. The standard InChI is InChI=1S/C18H30O/c1-4-7-10-15-13-16(11-8-5-2)17(12-9-6-3)18(19)14-15/h13-14,19H,4-12H2,1-3H3. The summed E-state index contributed by atoms with van der Waals surface area (Å²) in [5.41, 5.74) is 3.91. The molecule has 0 fully saturated rings. The van der Waals surface area contributed by atoms with Gasteiger partial charge in [0.2, 0.25) is 0 Å². The number of phenolic OH excluding ortho intramolecular Hbond substituents is 1. The first-order valence-corrected chi connectivity index (χ1v) is 8.06. The molecule has 0 unspecified atom stereocenters. The van der Waals surface area contributed by atoms with Crippen molar-refractivity contribution in [3.8, 4) is 5.75 Å². The molecule has 108 valence electrons. The molecule has 0 amide bonds. The maximum absolute atomic E-state index is 10.3. The summed E-state index contributed by atoms with van der Waals surface area (Å²) in [5.74, 6) is 0.535. The minimum Gasteiger partial charge on any atom is -0.508 e. The van der Waals surface area contributed by atoms with Crippen LogP contribution in [0.3, 0.4) is 0 Å². The van der Waals surface area contributed by atoms with Crippen LogP contribution in [0.1, 0.15) is 76.0 Å². The molecule has 1 aromatic rings. The van der Waals surface area contributed by atoms with Crippen LogP contribution in [0.4, 0.5) is 0 Å². The molecule has 0 saturated heterocycles. The fraction of sp³-hybridized carbons (Fsp3) is 0.667. The second-order valence-electron chi connectivity index (χ2n) is 5.56. The molecular weight excluding hydrogens is 232 g/mol. The van der Waals surface area contributed by atoms with Crippen LogP contribution in [0, 0.1) is 0 Å². The molecule has 1 heteroatoms. The molecule has 0 heterocycles. The van der Waals surface area contributed by atoms with Crippen LogP contribution in [0.15, 0.2) is 12.1 Å². The molecule has 1 rings (SSSR count). The third-order valence-corrected chi connectivity index (χ3v) is 3.78. The Labute approximate surface area is 119 Å². The van der Waals surface area contributed by atoms with E-state index in [1.54, 1.807) is 0 Å². The lowest BCUT2D eigenvalue weighted by atomic mass is 9.93. The van der Waals surface area contributed by atoms with E-state index in [0.717, 1.165) is 19.3 Å². The normalized spacial score (nSPS) is 10.9. The molecule has 0 aliphatic carbocycles. The number of rotatable bonds is 9. The van der Waals surface area contributed by atoms with E-state index in [1.807, 2.05) is 6.07 Å². The Morgan fingerprint density at radius 2 is 1.37 bits per heavy atom. The van der Waals surface area contributed by atoms with E-state index >= 15 is 0 Å². The van der Waals surface area contributed by atoms with Gasteiger partial charge in [-0.1, -0.05) is 46.1 Å². The smallest absolute Gasteiger partial charge is 0.119 e. The molecule has 0 aliphatic heterocycles. The minimum atomic E-state index is 0.535. The molecular formula is C18H30O. The summed E-state index contributed by atoms with van der Waals surface area (Å²) in [4.78, 5) is 0.